The highest BCUT2D eigenvalue weighted by molar-refractivity contribution is 7.13. The van der Waals surface area contributed by atoms with Crippen LogP contribution in [-0.2, 0) is 12.6 Å². The summed E-state index contributed by atoms with van der Waals surface area (Å²) in [6.07, 6.45) is 7.48. The van der Waals surface area contributed by atoms with E-state index in [1.807, 2.05) is 41.6 Å². The maximum absolute atomic E-state index is 5.51. The van der Waals surface area contributed by atoms with E-state index in [9.17, 15) is 0 Å². The average molecular weight is 339 g/mol. The van der Waals surface area contributed by atoms with E-state index in [0.717, 1.165) is 23.5 Å². The molecule has 8 nitrogen and oxygen atoms in total. The Hall–Kier alpha value is -2.81. The van der Waals surface area contributed by atoms with E-state index in [4.69, 9.17) is 4.52 Å². The third-order valence-corrected chi connectivity index (χ3v) is 5.02. The SMILES string of the molecule is Cn1ccc(-c2nc(-c3noc(C4(n5cccn5)CC4)n3)cs2)n1. The van der Waals surface area contributed by atoms with Crippen LogP contribution in [0, 0.1) is 0 Å². The molecule has 5 rings (SSSR count). The summed E-state index contributed by atoms with van der Waals surface area (Å²) in [6, 6.07) is 3.83. The zero-order chi connectivity index (χ0) is 16.1. The van der Waals surface area contributed by atoms with Gasteiger partial charge in [-0.05, 0) is 25.0 Å². The normalized spacial score (nSPS) is 15.7. The summed E-state index contributed by atoms with van der Waals surface area (Å²) in [5.41, 5.74) is 1.26. The van der Waals surface area contributed by atoms with Crippen molar-refractivity contribution in [3.8, 4) is 22.2 Å². The van der Waals surface area contributed by atoms with Crippen LogP contribution in [0.5, 0.6) is 0 Å². The first-order valence-corrected chi connectivity index (χ1v) is 8.43. The van der Waals surface area contributed by atoms with Crippen molar-refractivity contribution in [3.63, 3.8) is 0 Å². The van der Waals surface area contributed by atoms with Crippen LogP contribution in [0.2, 0.25) is 0 Å². The lowest BCUT2D eigenvalue weighted by Gasteiger charge is -2.09. The minimum Gasteiger partial charge on any atom is -0.336 e. The molecule has 0 saturated heterocycles. The Morgan fingerprint density at radius 1 is 1.21 bits per heavy atom. The van der Waals surface area contributed by atoms with Gasteiger partial charge in [-0.3, -0.25) is 9.36 Å². The maximum Gasteiger partial charge on any atom is 0.254 e. The van der Waals surface area contributed by atoms with Gasteiger partial charge in [0, 0.05) is 31.0 Å². The van der Waals surface area contributed by atoms with Crippen molar-refractivity contribution in [3.05, 3.63) is 42.0 Å². The summed E-state index contributed by atoms with van der Waals surface area (Å²) in [5.74, 6) is 1.09. The fourth-order valence-electron chi connectivity index (χ4n) is 2.72. The molecule has 0 radical (unpaired) electrons. The molecular formula is C15H13N7OS. The van der Waals surface area contributed by atoms with Gasteiger partial charge in [-0.25, -0.2) is 4.98 Å². The molecule has 1 saturated carbocycles. The molecule has 0 amide bonds. The molecule has 24 heavy (non-hydrogen) atoms. The minimum absolute atomic E-state index is 0.283. The summed E-state index contributed by atoms with van der Waals surface area (Å²) < 4.78 is 9.16. The molecule has 4 heterocycles. The lowest BCUT2D eigenvalue weighted by atomic mass is 10.3. The smallest absolute Gasteiger partial charge is 0.254 e. The molecule has 0 aliphatic heterocycles. The van der Waals surface area contributed by atoms with Crippen molar-refractivity contribution in [1.29, 1.82) is 0 Å². The van der Waals surface area contributed by atoms with Crippen LogP contribution in [0.4, 0.5) is 0 Å². The number of thiazole rings is 1. The standard InChI is InChI=1S/C15H13N7OS/c1-21-8-3-10(19-21)13-17-11(9-24-13)12-18-14(23-20-12)15(4-5-15)22-7-2-6-16-22/h2-3,6-9H,4-5H2,1H3. The van der Waals surface area contributed by atoms with E-state index in [2.05, 4.69) is 25.3 Å². The number of nitrogens with zero attached hydrogens (tertiary/aromatic N) is 7. The van der Waals surface area contributed by atoms with Crippen molar-refractivity contribution < 1.29 is 4.52 Å². The number of hydrogen-bond donors (Lipinski definition) is 0. The Kier molecular flexibility index (Phi) is 2.75. The second-order valence-corrected chi connectivity index (χ2v) is 6.68. The zero-order valence-electron chi connectivity index (χ0n) is 12.8. The van der Waals surface area contributed by atoms with Gasteiger partial charge in [0.05, 0.1) is 0 Å². The fourth-order valence-corrected chi connectivity index (χ4v) is 3.48. The Bertz CT molecular complexity index is 993. The third kappa shape index (κ3) is 2.01. The first-order valence-electron chi connectivity index (χ1n) is 7.55. The van der Waals surface area contributed by atoms with Gasteiger partial charge >= 0.3 is 0 Å². The molecular weight excluding hydrogens is 326 g/mol. The van der Waals surface area contributed by atoms with Crippen LogP contribution >= 0.6 is 11.3 Å². The van der Waals surface area contributed by atoms with Crippen molar-refractivity contribution in [2.24, 2.45) is 7.05 Å². The Morgan fingerprint density at radius 3 is 2.83 bits per heavy atom. The molecule has 1 aliphatic rings. The highest BCUT2D eigenvalue weighted by Gasteiger charge is 2.52. The number of aromatic nitrogens is 7. The van der Waals surface area contributed by atoms with E-state index in [1.165, 1.54) is 11.3 Å². The van der Waals surface area contributed by atoms with Crippen LogP contribution < -0.4 is 0 Å². The molecule has 0 aromatic carbocycles. The molecule has 4 aromatic heterocycles. The quantitative estimate of drug-likeness (QED) is 0.567. The van der Waals surface area contributed by atoms with Crippen LogP contribution in [-0.4, -0.2) is 34.7 Å². The number of aryl methyl sites for hydroxylation is 1. The average Bonchev–Trinajstić information content (AvgIpc) is 3.17. The van der Waals surface area contributed by atoms with Gasteiger partial charge < -0.3 is 4.52 Å². The Labute approximate surface area is 140 Å². The van der Waals surface area contributed by atoms with E-state index < -0.39 is 0 Å². The van der Waals surface area contributed by atoms with Crippen molar-refractivity contribution in [1.82, 2.24) is 34.7 Å². The van der Waals surface area contributed by atoms with Gasteiger partial charge in [0.2, 0.25) is 5.82 Å². The van der Waals surface area contributed by atoms with E-state index in [-0.39, 0.29) is 5.54 Å². The molecule has 4 aromatic rings. The van der Waals surface area contributed by atoms with E-state index in [1.54, 1.807) is 10.9 Å². The largest absolute Gasteiger partial charge is 0.336 e. The van der Waals surface area contributed by atoms with Crippen LogP contribution in [0.15, 0.2) is 40.6 Å². The first kappa shape index (κ1) is 13.6. The molecule has 1 fully saturated rings. The molecule has 0 bridgehead atoms. The van der Waals surface area contributed by atoms with Crippen LogP contribution in [0.25, 0.3) is 22.2 Å². The summed E-state index contributed by atoms with van der Waals surface area (Å²) in [5, 5.41) is 15.6. The topological polar surface area (TPSA) is 87.5 Å². The van der Waals surface area contributed by atoms with E-state index >= 15 is 0 Å². The van der Waals surface area contributed by atoms with Gasteiger partial charge in [0.15, 0.2) is 0 Å². The van der Waals surface area contributed by atoms with Gasteiger partial charge in [-0.15, -0.1) is 11.3 Å². The highest BCUT2D eigenvalue weighted by Crippen LogP contribution is 2.48. The molecule has 0 spiro atoms. The van der Waals surface area contributed by atoms with E-state index in [0.29, 0.717) is 17.4 Å². The third-order valence-electron chi connectivity index (χ3n) is 4.16. The predicted octanol–water partition coefficient (Wildman–Crippen LogP) is 2.33. The Morgan fingerprint density at radius 2 is 2.12 bits per heavy atom. The van der Waals surface area contributed by atoms with Gasteiger partial charge in [-0.2, -0.15) is 15.2 Å². The summed E-state index contributed by atoms with van der Waals surface area (Å²) in [6.45, 7) is 0. The monoisotopic (exact) mass is 339 g/mol. The summed E-state index contributed by atoms with van der Waals surface area (Å²) >= 11 is 1.51. The number of hydrogen-bond acceptors (Lipinski definition) is 7. The second kappa shape index (κ2) is 4.84. The summed E-state index contributed by atoms with van der Waals surface area (Å²) in [4.78, 5) is 9.14. The highest BCUT2D eigenvalue weighted by atomic mass is 32.1. The lowest BCUT2D eigenvalue weighted by Crippen LogP contribution is -2.19. The molecule has 0 atom stereocenters. The molecule has 120 valence electrons. The van der Waals surface area contributed by atoms with Crippen molar-refractivity contribution in [2.45, 2.75) is 18.4 Å². The van der Waals surface area contributed by atoms with Gasteiger partial charge in [0.1, 0.15) is 21.9 Å². The zero-order valence-corrected chi connectivity index (χ0v) is 13.6. The number of rotatable bonds is 4. The van der Waals surface area contributed by atoms with Gasteiger partial charge in [-0.1, -0.05) is 5.16 Å². The maximum atomic E-state index is 5.51. The fraction of sp³-hybridized carbons (Fsp3) is 0.267. The van der Waals surface area contributed by atoms with Crippen molar-refractivity contribution in [2.75, 3.05) is 0 Å². The first-order chi connectivity index (χ1) is 11.7. The van der Waals surface area contributed by atoms with Gasteiger partial charge in [0.25, 0.3) is 5.89 Å². The molecule has 0 unspecified atom stereocenters. The predicted molar refractivity (Wildman–Crippen MR) is 86.1 cm³/mol. The Balaban J connectivity index is 1.47. The van der Waals surface area contributed by atoms with Crippen LogP contribution in [0.3, 0.4) is 0 Å². The second-order valence-electron chi connectivity index (χ2n) is 5.82. The summed E-state index contributed by atoms with van der Waals surface area (Å²) in [7, 11) is 1.88. The molecule has 1 aliphatic carbocycles. The lowest BCUT2D eigenvalue weighted by molar-refractivity contribution is 0.314. The minimum atomic E-state index is -0.283. The van der Waals surface area contributed by atoms with Crippen LogP contribution in [0.1, 0.15) is 18.7 Å². The molecule has 9 heteroatoms. The molecule has 0 N–H and O–H groups in total. The van der Waals surface area contributed by atoms with Crippen molar-refractivity contribution >= 4 is 11.3 Å².